The predicted molar refractivity (Wildman–Crippen MR) is 44.1 cm³/mol. The zero-order valence-electron chi connectivity index (χ0n) is 2.20. The maximum absolute atomic E-state index is 8.88. The van der Waals surface area contributed by atoms with Crippen LogP contribution in [-0.2, 0) is 4.57 Å². The van der Waals surface area contributed by atoms with Crippen LogP contribution in [0.25, 0.3) is 0 Å². The molecule has 0 heterocycles. The summed E-state index contributed by atoms with van der Waals surface area (Å²) >= 11 is 0. The Morgan fingerprint density at radius 1 is 1.00 bits per heavy atom. The summed E-state index contributed by atoms with van der Waals surface area (Å²) in [5.74, 6) is 0. The van der Waals surface area contributed by atoms with Gasteiger partial charge in [0.15, 0.2) is 17.4 Å². The Hall–Kier alpha value is 2.38. The van der Waals surface area contributed by atoms with Crippen molar-refractivity contribution >= 4 is 76.9 Å². The standard InChI is InChI=1S/Al.2In.H3O4P.9H/c;;;1-5(2,3)4;;;;;;;;;/h;;;(H3,1,2,3,4);;;;;;;;;. The average Bonchev–Trinajstić information content (AvgIpc) is 0.722. The van der Waals surface area contributed by atoms with E-state index in [2.05, 4.69) is 0 Å². The fourth-order valence-corrected chi connectivity index (χ4v) is 0. The summed E-state index contributed by atoms with van der Waals surface area (Å²) in [6, 6.07) is 0. The summed E-state index contributed by atoms with van der Waals surface area (Å²) in [6.45, 7) is 0. The summed E-state index contributed by atoms with van der Waals surface area (Å²) in [5.41, 5.74) is 0. The number of hydrogen-bond acceptors (Lipinski definition) is 1. The Kier molecular flexibility index (Phi) is 26.3. The SMILES string of the molecule is O=P(O)(O)O.[AlH3].[InH3].[InH3]. The van der Waals surface area contributed by atoms with E-state index in [0.29, 0.717) is 0 Å². The second-order valence-corrected chi connectivity index (χ2v) is 1.54. The summed E-state index contributed by atoms with van der Waals surface area (Å²) < 4.78 is 8.88. The Bertz CT molecular complexity index is 60.2. The normalized spacial score (nSPS) is 7.38. The third-order valence-corrected chi connectivity index (χ3v) is 0. The first-order valence-electron chi connectivity index (χ1n) is 0.783. The maximum atomic E-state index is 8.88. The molecule has 4 nitrogen and oxygen atoms in total. The van der Waals surface area contributed by atoms with Crippen LogP contribution in [0, 0.1) is 0 Å². The second kappa shape index (κ2) is 9.38. The van der Waals surface area contributed by atoms with Crippen molar-refractivity contribution < 1.29 is 19.2 Å². The van der Waals surface area contributed by atoms with Crippen LogP contribution in [0.3, 0.4) is 0 Å². The van der Waals surface area contributed by atoms with E-state index in [9.17, 15) is 0 Å². The monoisotopic (exact) mass is 364 g/mol. The Balaban J connectivity index is -0.0000000267. The van der Waals surface area contributed by atoms with Gasteiger partial charge in [0.2, 0.25) is 0 Å². The molecule has 0 unspecified atom stereocenters. The van der Waals surface area contributed by atoms with Gasteiger partial charge in [-0.1, -0.05) is 0 Å². The molecule has 0 spiro atoms. The van der Waals surface area contributed by atoms with Gasteiger partial charge < -0.3 is 14.7 Å². The number of hydrogen-bond donors (Lipinski definition) is 3. The molecular formula is H12AlIn2O4P. The van der Waals surface area contributed by atoms with Crippen molar-refractivity contribution in [1.29, 1.82) is 0 Å². The van der Waals surface area contributed by atoms with E-state index in [-0.39, 0.29) is 69.0 Å². The van der Waals surface area contributed by atoms with Gasteiger partial charge in [-0.05, 0) is 0 Å². The summed E-state index contributed by atoms with van der Waals surface area (Å²) in [7, 11) is -4.64. The molecule has 8 heteroatoms. The molecule has 0 aromatic rings. The van der Waals surface area contributed by atoms with Gasteiger partial charge in [0.05, 0.1) is 0 Å². The van der Waals surface area contributed by atoms with Crippen molar-refractivity contribution in [3.05, 3.63) is 0 Å². The van der Waals surface area contributed by atoms with Crippen molar-refractivity contribution in [2.24, 2.45) is 0 Å². The summed E-state index contributed by atoms with van der Waals surface area (Å²) in [5, 5.41) is 0. The molecule has 50 valence electrons. The van der Waals surface area contributed by atoms with Crippen molar-refractivity contribution in [3.8, 4) is 0 Å². The molecule has 3 N–H and O–H groups in total. The van der Waals surface area contributed by atoms with Crippen LogP contribution in [0.15, 0.2) is 0 Å². The third-order valence-electron chi connectivity index (χ3n) is 0. The molecule has 0 atom stereocenters. The average molecular weight is 364 g/mol. The van der Waals surface area contributed by atoms with Crippen LogP contribution in [0.2, 0.25) is 0 Å². The first-order valence-corrected chi connectivity index (χ1v) is 2.35. The van der Waals surface area contributed by atoms with E-state index >= 15 is 0 Å². The van der Waals surface area contributed by atoms with E-state index < -0.39 is 7.82 Å². The molecule has 0 saturated carbocycles. The molecule has 0 aromatic carbocycles. The van der Waals surface area contributed by atoms with Crippen LogP contribution < -0.4 is 0 Å². The van der Waals surface area contributed by atoms with Gasteiger partial charge in [-0.25, -0.2) is 4.57 Å². The van der Waals surface area contributed by atoms with E-state index in [1.54, 1.807) is 0 Å². The van der Waals surface area contributed by atoms with Crippen LogP contribution in [0.4, 0.5) is 0 Å². The first-order chi connectivity index (χ1) is 2.00. The predicted octanol–water partition coefficient (Wildman–Crippen LogP) is -4.48. The van der Waals surface area contributed by atoms with Crippen molar-refractivity contribution in [2.45, 2.75) is 0 Å². The fourth-order valence-electron chi connectivity index (χ4n) is 0. The third kappa shape index (κ3) is 80.5. The van der Waals surface area contributed by atoms with E-state index in [1.165, 1.54) is 0 Å². The van der Waals surface area contributed by atoms with Gasteiger partial charge in [0.1, 0.15) is 0 Å². The summed E-state index contributed by atoms with van der Waals surface area (Å²) in [6.07, 6.45) is 0. The van der Waals surface area contributed by atoms with Gasteiger partial charge in [0, 0.05) is 0 Å². The van der Waals surface area contributed by atoms with Crippen molar-refractivity contribution in [1.82, 2.24) is 0 Å². The molecule has 0 rings (SSSR count). The molecule has 0 bridgehead atoms. The zero-order valence-corrected chi connectivity index (χ0v) is 3.09. The van der Waals surface area contributed by atoms with E-state index in [1.807, 2.05) is 0 Å². The van der Waals surface area contributed by atoms with E-state index in [0.717, 1.165) is 0 Å². The topological polar surface area (TPSA) is 77.8 Å². The Labute approximate surface area is 95.0 Å². The van der Waals surface area contributed by atoms with Crippen LogP contribution in [0.1, 0.15) is 0 Å². The molecule has 0 amide bonds. The van der Waals surface area contributed by atoms with Crippen molar-refractivity contribution in [3.63, 3.8) is 0 Å². The van der Waals surface area contributed by atoms with Crippen LogP contribution >= 0.6 is 7.82 Å². The molecule has 0 fully saturated rings. The van der Waals surface area contributed by atoms with Gasteiger partial charge in [0.25, 0.3) is 0 Å². The van der Waals surface area contributed by atoms with Gasteiger partial charge in [-0.15, -0.1) is 0 Å². The Morgan fingerprint density at radius 3 is 1.00 bits per heavy atom. The van der Waals surface area contributed by atoms with Gasteiger partial charge in [-0.3, -0.25) is 0 Å². The molecule has 0 aliphatic heterocycles. The molecule has 8 heavy (non-hydrogen) atoms. The molecule has 0 aromatic heterocycles. The Morgan fingerprint density at radius 2 is 1.00 bits per heavy atom. The summed E-state index contributed by atoms with van der Waals surface area (Å²) in [4.78, 5) is 21.6. The van der Waals surface area contributed by atoms with Crippen LogP contribution in [-0.4, -0.2) is 83.7 Å². The number of phosphoric acid groups is 1. The quantitative estimate of drug-likeness (QED) is 0.300. The van der Waals surface area contributed by atoms with E-state index in [4.69, 9.17) is 19.2 Å². The fraction of sp³-hybridized carbons (Fsp3) is 0. The van der Waals surface area contributed by atoms with Gasteiger partial charge >= 0.3 is 59.5 Å². The molecule has 0 aliphatic carbocycles. The molecule has 0 saturated heterocycles. The van der Waals surface area contributed by atoms with Gasteiger partial charge in [-0.2, -0.15) is 0 Å². The minimum absolute atomic E-state index is 0. The second-order valence-electron chi connectivity index (χ2n) is 0.513. The van der Waals surface area contributed by atoms with Crippen molar-refractivity contribution in [2.75, 3.05) is 0 Å². The molecular weight excluding hydrogens is 352 g/mol. The first kappa shape index (κ1) is 22.4. The molecule has 0 aliphatic rings. The minimum atomic E-state index is -4.64. The zero-order chi connectivity index (χ0) is 4.50. The molecule has 0 radical (unpaired) electrons. The van der Waals surface area contributed by atoms with Crippen LogP contribution in [0.5, 0.6) is 0 Å². The number of rotatable bonds is 0.